The standard InChI is InChI=1S/C15H26N4O/c1-16-4-6-17(7-5-16)15(20)19-10-12-8-18(14-2-3-14)9-13(12)11-19/h12-14H,2-11H2,1H3. The third kappa shape index (κ3) is 2.31. The van der Waals surface area contributed by atoms with Gasteiger partial charge >= 0.3 is 6.03 Å². The zero-order valence-corrected chi connectivity index (χ0v) is 12.5. The van der Waals surface area contributed by atoms with Crippen LogP contribution in [0.1, 0.15) is 12.8 Å². The van der Waals surface area contributed by atoms with Crippen molar-refractivity contribution < 1.29 is 4.79 Å². The summed E-state index contributed by atoms with van der Waals surface area (Å²) in [5.74, 6) is 1.49. The van der Waals surface area contributed by atoms with Crippen molar-refractivity contribution in [2.75, 3.05) is 59.4 Å². The number of amides is 2. The van der Waals surface area contributed by atoms with Crippen LogP contribution in [0.25, 0.3) is 0 Å². The molecule has 4 fully saturated rings. The van der Waals surface area contributed by atoms with Crippen LogP contribution in [0.5, 0.6) is 0 Å². The van der Waals surface area contributed by atoms with Gasteiger partial charge in [-0.15, -0.1) is 0 Å². The van der Waals surface area contributed by atoms with Crippen LogP contribution < -0.4 is 0 Å². The van der Waals surface area contributed by atoms with Crippen LogP contribution in [0.15, 0.2) is 0 Å². The molecule has 3 aliphatic heterocycles. The SMILES string of the molecule is CN1CCN(C(=O)N2CC3CN(C4CC4)CC3C2)CC1. The van der Waals surface area contributed by atoms with Gasteiger partial charge in [-0.2, -0.15) is 0 Å². The Morgan fingerprint density at radius 3 is 2.00 bits per heavy atom. The number of piperazine rings is 1. The molecule has 20 heavy (non-hydrogen) atoms. The van der Waals surface area contributed by atoms with Gasteiger partial charge in [-0.05, 0) is 31.7 Å². The van der Waals surface area contributed by atoms with E-state index in [-0.39, 0.29) is 0 Å². The van der Waals surface area contributed by atoms with Crippen molar-refractivity contribution in [1.29, 1.82) is 0 Å². The van der Waals surface area contributed by atoms with E-state index >= 15 is 0 Å². The largest absolute Gasteiger partial charge is 0.324 e. The number of hydrogen-bond acceptors (Lipinski definition) is 3. The third-order valence-corrected chi connectivity index (χ3v) is 5.62. The molecule has 0 bridgehead atoms. The third-order valence-electron chi connectivity index (χ3n) is 5.62. The molecule has 2 unspecified atom stereocenters. The summed E-state index contributed by atoms with van der Waals surface area (Å²) in [6.07, 6.45) is 2.81. The molecule has 0 aromatic heterocycles. The van der Waals surface area contributed by atoms with Gasteiger partial charge in [-0.1, -0.05) is 0 Å². The highest BCUT2D eigenvalue weighted by molar-refractivity contribution is 5.75. The van der Waals surface area contributed by atoms with Crippen LogP contribution in [0.3, 0.4) is 0 Å². The highest BCUT2D eigenvalue weighted by Crippen LogP contribution is 2.38. The average molecular weight is 278 g/mol. The van der Waals surface area contributed by atoms with Crippen molar-refractivity contribution in [2.45, 2.75) is 18.9 Å². The minimum absolute atomic E-state index is 0.297. The maximum Gasteiger partial charge on any atom is 0.320 e. The van der Waals surface area contributed by atoms with E-state index < -0.39 is 0 Å². The molecule has 2 amide bonds. The number of hydrogen-bond donors (Lipinski definition) is 0. The Morgan fingerprint density at radius 2 is 1.45 bits per heavy atom. The predicted molar refractivity (Wildman–Crippen MR) is 77.6 cm³/mol. The van der Waals surface area contributed by atoms with Gasteiger partial charge in [0.1, 0.15) is 0 Å². The molecule has 5 heteroatoms. The lowest BCUT2D eigenvalue weighted by Gasteiger charge is -2.35. The van der Waals surface area contributed by atoms with Crippen LogP contribution in [0.2, 0.25) is 0 Å². The van der Waals surface area contributed by atoms with E-state index in [1.54, 1.807) is 0 Å². The van der Waals surface area contributed by atoms with E-state index in [9.17, 15) is 4.79 Å². The van der Waals surface area contributed by atoms with Crippen molar-refractivity contribution in [3.63, 3.8) is 0 Å². The fourth-order valence-electron chi connectivity index (χ4n) is 4.12. The van der Waals surface area contributed by atoms with E-state index in [0.29, 0.717) is 6.03 Å². The first-order valence-electron chi connectivity index (χ1n) is 8.17. The second-order valence-electron chi connectivity index (χ2n) is 7.18. The summed E-state index contributed by atoms with van der Waals surface area (Å²) in [6, 6.07) is 1.19. The van der Waals surface area contributed by atoms with Crippen LogP contribution in [-0.2, 0) is 0 Å². The van der Waals surface area contributed by atoms with Gasteiger partial charge in [0.15, 0.2) is 0 Å². The van der Waals surface area contributed by atoms with E-state index in [4.69, 9.17) is 0 Å². The van der Waals surface area contributed by atoms with Crippen molar-refractivity contribution >= 4 is 6.03 Å². The Bertz CT molecular complexity index is 375. The molecule has 1 saturated carbocycles. The molecular weight excluding hydrogens is 252 g/mol. The van der Waals surface area contributed by atoms with Crippen LogP contribution in [-0.4, -0.2) is 91.1 Å². The maximum atomic E-state index is 12.6. The minimum atomic E-state index is 0.297. The van der Waals surface area contributed by atoms with Gasteiger partial charge in [0.2, 0.25) is 0 Å². The number of likely N-dealkylation sites (tertiary alicyclic amines) is 2. The average Bonchev–Trinajstić information content (AvgIpc) is 3.10. The van der Waals surface area contributed by atoms with Crippen molar-refractivity contribution in [2.24, 2.45) is 11.8 Å². The highest BCUT2D eigenvalue weighted by Gasteiger charge is 2.45. The lowest BCUT2D eigenvalue weighted by molar-refractivity contribution is 0.125. The number of nitrogens with zero attached hydrogens (tertiary/aromatic N) is 4. The van der Waals surface area contributed by atoms with E-state index in [0.717, 1.165) is 57.1 Å². The zero-order chi connectivity index (χ0) is 13.7. The van der Waals surface area contributed by atoms with Gasteiger partial charge < -0.3 is 14.7 Å². The molecule has 2 atom stereocenters. The number of urea groups is 1. The molecule has 4 aliphatic rings. The number of likely N-dealkylation sites (N-methyl/N-ethyl adjacent to an activating group) is 1. The number of carbonyl (C=O) groups excluding carboxylic acids is 1. The maximum absolute atomic E-state index is 12.6. The Kier molecular flexibility index (Phi) is 3.15. The molecule has 3 saturated heterocycles. The molecule has 0 N–H and O–H groups in total. The molecule has 1 aliphatic carbocycles. The summed E-state index contributed by atoms with van der Waals surface area (Å²) < 4.78 is 0. The number of carbonyl (C=O) groups is 1. The molecule has 112 valence electrons. The summed E-state index contributed by atoms with van der Waals surface area (Å²) >= 11 is 0. The Hall–Kier alpha value is -0.810. The molecule has 0 aromatic rings. The molecule has 0 radical (unpaired) electrons. The first-order chi connectivity index (χ1) is 9.70. The second-order valence-corrected chi connectivity index (χ2v) is 7.18. The lowest BCUT2D eigenvalue weighted by atomic mass is 10.0. The molecule has 5 nitrogen and oxygen atoms in total. The molecule has 0 spiro atoms. The van der Waals surface area contributed by atoms with E-state index in [1.165, 1.54) is 25.9 Å². The summed E-state index contributed by atoms with van der Waals surface area (Å²) in [7, 11) is 2.13. The van der Waals surface area contributed by atoms with Crippen LogP contribution in [0.4, 0.5) is 4.79 Å². The molecule has 0 aromatic carbocycles. The number of fused-ring (bicyclic) bond motifs is 1. The zero-order valence-electron chi connectivity index (χ0n) is 12.5. The summed E-state index contributed by atoms with van der Waals surface area (Å²) in [5.41, 5.74) is 0. The van der Waals surface area contributed by atoms with E-state index in [2.05, 4.69) is 26.6 Å². The number of rotatable bonds is 1. The predicted octanol–water partition coefficient (Wildman–Crippen LogP) is 0.380. The summed E-state index contributed by atoms with van der Waals surface area (Å²) in [4.78, 5) is 21.7. The Morgan fingerprint density at radius 1 is 0.850 bits per heavy atom. The highest BCUT2D eigenvalue weighted by atomic mass is 16.2. The van der Waals surface area contributed by atoms with Gasteiger partial charge in [-0.3, -0.25) is 4.90 Å². The topological polar surface area (TPSA) is 30.0 Å². The van der Waals surface area contributed by atoms with Gasteiger partial charge in [0.25, 0.3) is 0 Å². The smallest absolute Gasteiger partial charge is 0.320 e. The van der Waals surface area contributed by atoms with Gasteiger partial charge in [0.05, 0.1) is 0 Å². The minimum Gasteiger partial charge on any atom is -0.324 e. The van der Waals surface area contributed by atoms with Crippen molar-refractivity contribution in [1.82, 2.24) is 19.6 Å². The normalized spacial score (nSPS) is 35.6. The van der Waals surface area contributed by atoms with E-state index in [1.807, 2.05) is 0 Å². The Balaban J connectivity index is 1.32. The monoisotopic (exact) mass is 278 g/mol. The van der Waals surface area contributed by atoms with Crippen molar-refractivity contribution in [3.8, 4) is 0 Å². The van der Waals surface area contributed by atoms with Gasteiger partial charge in [0, 0.05) is 58.4 Å². The van der Waals surface area contributed by atoms with Crippen LogP contribution >= 0.6 is 0 Å². The first-order valence-corrected chi connectivity index (χ1v) is 8.17. The molecule has 4 rings (SSSR count). The van der Waals surface area contributed by atoms with Gasteiger partial charge in [-0.25, -0.2) is 4.79 Å². The molecule has 3 heterocycles. The summed E-state index contributed by atoms with van der Waals surface area (Å²) in [6.45, 7) is 8.30. The quantitative estimate of drug-likeness (QED) is 0.695. The Labute approximate surface area is 121 Å². The fraction of sp³-hybridized carbons (Fsp3) is 0.933. The van der Waals surface area contributed by atoms with Crippen LogP contribution in [0, 0.1) is 11.8 Å². The van der Waals surface area contributed by atoms with Crippen molar-refractivity contribution in [3.05, 3.63) is 0 Å². The summed E-state index contributed by atoms with van der Waals surface area (Å²) in [5, 5.41) is 0. The second kappa shape index (κ2) is 4.88. The first kappa shape index (κ1) is 12.9. The fourth-order valence-corrected chi connectivity index (χ4v) is 4.12. The molecular formula is C15H26N4O. The lowest BCUT2D eigenvalue weighted by Crippen LogP contribution is -2.51.